The summed E-state index contributed by atoms with van der Waals surface area (Å²) in [5.41, 5.74) is 0.340. The molecule has 78 valence electrons. The van der Waals surface area contributed by atoms with Gasteiger partial charge in [0.2, 0.25) is 0 Å². The molecule has 1 rings (SSSR count). The molecule has 1 aromatic rings. The van der Waals surface area contributed by atoms with Crippen molar-refractivity contribution in [2.24, 2.45) is 0 Å². The molecule has 0 saturated heterocycles. The summed E-state index contributed by atoms with van der Waals surface area (Å²) in [6.45, 7) is -1.06. The molecule has 0 bridgehead atoms. The summed E-state index contributed by atoms with van der Waals surface area (Å²) in [6, 6.07) is 6.46. The third kappa shape index (κ3) is 3.16. The standard InChI is InChI=1S/C9H10F3NO/c1-14-8-5-3-2-4-7(8)13-6-9(10,11)12/h2-5,13H,6H2,1H3. The average Bonchev–Trinajstić information content (AvgIpc) is 2.14. The van der Waals surface area contributed by atoms with E-state index in [-0.39, 0.29) is 0 Å². The fraction of sp³-hybridized carbons (Fsp3) is 0.333. The summed E-state index contributed by atoms with van der Waals surface area (Å²) < 4.78 is 40.5. The monoisotopic (exact) mass is 205 g/mol. The average molecular weight is 205 g/mol. The Hall–Kier alpha value is -1.39. The van der Waals surface area contributed by atoms with E-state index in [1.54, 1.807) is 18.2 Å². The Balaban J connectivity index is 2.67. The predicted octanol–water partition coefficient (Wildman–Crippen LogP) is 2.67. The van der Waals surface area contributed by atoms with Gasteiger partial charge >= 0.3 is 6.18 Å². The van der Waals surface area contributed by atoms with Crippen LogP contribution in [0.25, 0.3) is 0 Å². The smallest absolute Gasteiger partial charge is 0.405 e. The Morgan fingerprint density at radius 2 is 1.93 bits per heavy atom. The van der Waals surface area contributed by atoms with Crippen LogP contribution in [0, 0.1) is 0 Å². The van der Waals surface area contributed by atoms with Gasteiger partial charge in [-0.15, -0.1) is 0 Å². The molecular formula is C9H10F3NO. The first kappa shape index (κ1) is 10.7. The fourth-order valence-corrected chi connectivity index (χ4v) is 0.986. The highest BCUT2D eigenvalue weighted by molar-refractivity contribution is 5.56. The maximum absolute atomic E-state index is 11.9. The van der Waals surface area contributed by atoms with Crippen molar-refractivity contribution in [1.82, 2.24) is 0 Å². The third-order valence-corrected chi connectivity index (χ3v) is 1.59. The lowest BCUT2D eigenvalue weighted by Gasteiger charge is -2.12. The van der Waals surface area contributed by atoms with Crippen molar-refractivity contribution >= 4 is 5.69 Å². The Kier molecular flexibility index (Phi) is 3.22. The quantitative estimate of drug-likeness (QED) is 0.819. The summed E-state index contributed by atoms with van der Waals surface area (Å²) in [5.74, 6) is 0.400. The molecule has 0 amide bonds. The number of para-hydroxylation sites is 2. The molecular weight excluding hydrogens is 195 g/mol. The van der Waals surface area contributed by atoms with Crippen LogP contribution < -0.4 is 10.1 Å². The lowest BCUT2D eigenvalue weighted by Crippen LogP contribution is -2.21. The molecule has 0 radical (unpaired) electrons. The van der Waals surface area contributed by atoms with Gasteiger partial charge in [-0.2, -0.15) is 13.2 Å². The van der Waals surface area contributed by atoms with Crippen molar-refractivity contribution in [3.8, 4) is 5.75 Å². The van der Waals surface area contributed by atoms with E-state index < -0.39 is 12.7 Å². The van der Waals surface area contributed by atoms with E-state index in [4.69, 9.17) is 4.74 Å². The maximum atomic E-state index is 11.9. The van der Waals surface area contributed by atoms with E-state index in [9.17, 15) is 13.2 Å². The second kappa shape index (κ2) is 4.21. The Labute approximate surface area is 79.7 Å². The van der Waals surface area contributed by atoms with Gasteiger partial charge in [0.15, 0.2) is 0 Å². The van der Waals surface area contributed by atoms with Gasteiger partial charge in [0.1, 0.15) is 12.3 Å². The SMILES string of the molecule is COc1ccccc1NCC(F)(F)F. The first-order valence-electron chi connectivity index (χ1n) is 3.96. The molecule has 0 aromatic heterocycles. The van der Waals surface area contributed by atoms with E-state index in [0.29, 0.717) is 11.4 Å². The van der Waals surface area contributed by atoms with Crippen molar-refractivity contribution in [1.29, 1.82) is 0 Å². The number of methoxy groups -OCH3 is 1. The van der Waals surface area contributed by atoms with Gasteiger partial charge in [-0.05, 0) is 12.1 Å². The van der Waals surface area contributed by atoms with Gasteiger partial charge in [-0.1, -0.05) is 12.1 Å². The molecule has 0 aliphatic rings. The van der Waals surface area contributed by atoms with E-state index in [1.807, 2.05) is 0 Å². The Morgan fingerprint density at radius 3 is 2.50 bits per heavy atom. The van der Waals surface area contributed by atoms with Crippen LogP contribution >= 0.6 is 0 Å². The van der Waals surface area contributed by atoms with Crippen LogP contribution in [0.15, 0.2) is 24.3 Å². The van der Waals surface area contributed by atoms with Gasteiger partial charge in [0, 0.05) is 0 Å². The zero-order valence-corrected chi connectivity index (χ0v) is 7.56. The molecule has 0 atom stereocenters. The minimum atomic E-state index is -4.22. The van der Waals surface area contributed by atoms with E-state index >= 15 is 0 Å². The number of anilines is 1. The molecule has 0 aliphatic carbocycles. The maximum Gasteiger partial charge on any atom is 0.405 e. The number of ether oxygens (including phenoxy) is 1. The molecule has 0 saturated carbocycles. The van der Waals surface area contributed by atoms with Gasteiger partial charge in [-0.3, -0.25) is 0 Å². The van der Waals surface area contributed by atoms with Crippen LogP contribution in [0.5, 0.6) is 5.75 Å². The van der Waals surface area contributed by atoms with Crippen LogP contribution in [-0.4, -0.2) is 19.8 Å². The van der Waals surface area contributed by atoms with Gasteiger partial charge in [-0.25, -0.2) is 0 Å². The number of benzene rings is 1. The van der Waals surface area contributed by atoms with Crippen molar-refractivity contribution in [2.75, 3.05) is 19.0 Å². The highest BCUT2D eigenvalue weighted by Gasteiger charge is 2.26. The van der Waals surface area contributed by atoms with Crippen LogP contribution in [0.4, 0.5) is 18.9 Å². The van der Waals surface area contributed by atoms with Crippen molar-refractivity contribution in [2.45, 2.75) is 6.18 Å². The lowest BCUT2D eigenvalue weighted by molar-refractivity contribution is -0.115. The molecule has 5 heteroatoms. The van der Waals surface area contributed by atoms with Crippen molar-refractivity contribution in [3.63, 3.8) is 0 Å². The summed E-state index contributed by atoms with van der Waals surface area (Å²) >= 11 is 0. The molecule has 0 spiro atoms. The number of alkyl halides is 3. The molecule has 0 unspecified atom stereocenters. The molecule has 1 N–H and O–H groups in total. The number of hydrogen-bond acceptors (Lipinski definition) is 2. The Bertz CT molecular complexity index is 298. The molecule has 1 aromatic carbocycles. The van der Waals surface area contributed by atoms with E-state index in [1.165, 1.54) is 13.2 Å². The normalized spacial score (nSPS) is 11.1. The number of rotatable bonds is 3. The van der Waals surface area contributed by atoms with Gasteiger partial charge in [0.05, 0.1) is 12.8 Å². The molecule has 0 heterocycles. The van der Waals surface area contributed by atoms with Crippen LogP contribution in [0.1, 0.15) is 0 Å². The summed E-state index contributed by atoms with van der Waals surface area (Å²) in [5, 5.41) is 2.25. The third-order valence-electron chi connectivity index (χ3n) is 1.59. The summed E-state index contributed by atoms with van der Waals surface area (Å²) in [7, 11) is 1.41. The predicted molar refractivity (Wildman–Crippen MR) is 47.5 cm³/mol. The molecule has 14 heavy (non-hydrogen) atoms. The van der Waals surface area contributed by atoms with Crippen LogP contribution in [-0.2, 0) is 0 Å². The molecule has 0 aliphatic heterocycles. The summed E-state index contributed by atoms with van der Waals surface area (Å²) in [6.07, 6.45) is -4.22. The second-order valence-corrected chi connectivity index (χ2v) is 2.67. The van der Waals surface area contributed by atoms with Gasteiger partial charge < -0.3 is 10.1 Å². The zero-order valence-electron chi connectivity index (χ0n) is 7.56. The fourth-order valence-electron chi connectivity index (χ4n) is 0.986. The largest absolute Gasteiger partial charge is 0.495 e. The zero-order chi connectivity index (χ0) is 10.6. The van der Waals surface area contributed by atoms with Gasteiger partial charge in [0.25, 0.3) is 0 Å². The van der Waals surface area contributed by atoms with E-state index in [2.05, 4.69) is 5.32 Å². The second-order valence-electron chi connectivity index (χ2n) is 2.67. The highest BCUT2D eigenvalue weighted by Crippen LogP contribution is 2.24. The van der Waals surface area contributed by atoms with Crippen molar-refractivity contribution in [3.05, 3.63) is 24.3 Å². The molecule has 0 fully saturated rings. The Morgan fingerprint density at radius 1 is 1.29 bits per heavy atom. The first-order valence-corrected chi connectivity index (χ1v) is 3.96. The summed E-state index contributed by atoms with van der Waals surface area (Å²) in [4.78, 5) is 0. The van der Waals surface area contributed by atoms with E-state index in [0.717, 1.165) is 0 Å². The minimum absolute atomic E-state index is 0.340. The van der Waals surface area contributed by atoms with Crippen molar-refractivity contribution < 1.29 is 17.9 Å². The first-order chi connectivity index (χ1) is 6.53. The number of halogens is 3. The van der Waals surface area contributed by atoms with Crippen LogP contribution in [0.3, 0.4) is 0 Å². The molecule has 2 nitrogen and oxygen atoms in total. The lowest BCUT2D eigenvalue weighted by atomic mass is 10.3. The number of hydrogen-bond donors (Lipinski definition) is 1. The topological polar surface area (TPSA) is 21.3 Å². The minimum Gasteiger partial charge on any atom is -0.495 e. The number of nitrogens with one attached hydrogen (secondary N) is 1. The highest BCUT2D eigenvalue weighted by atomic mass is 19.4. The van der Waals surface area contributed by atoms with Crippen LogP contribution in [0.2, 0.25) is 0 Å².